The summed E-state index contributed by atoms with van der Waals surface area (Å²) in [6.45, 7) is 2.62. The van der Waals surface area contributed by atoms with E-state index in [1.165, 1.54) is 5.56 Å². The van der Waals surface area contributed by atoms with Gasteiger partial charge in [-0.3, -0.25) is 0 Å². The van der Waals surface area contributed by atoms with Gasteiger partial charge in [0, 0.05) is 18.5 Å². The lowest BCUT2D eigenvalue weighted by atomic mass is 10.1. The topological polar surface area (TPSA) is 52.0 Å². The SMILES string of the molecule is Cc1cccc(-c2cnc(CCN)o2)c1. The molecule has 3 nitrogen and oxygen atoms in total. The first-order valence-electron chi connectivity index (χ1n) is 5.01. The Balaban J connectivity index is 2.29. The van der Waals surface area contributed by atoms with Gasteiger partial charge in [0.25, 0.3) is 0 Å². The third-order valence-electron chi connectivity index (χ3n) is 2.21. The average molecular weight is 202 g/mol. The molecule has 0 aliphatic carbocycles. The number of oxazole rings is 1. The molecule has 2 rings (SSSR count). The molecule has 0 fully saturated rings. The largest absolute Gasteiger partial charge is 0.441 e. The monoisotopic (exact) mass is 202 g/mol. The summed E-state index contributed by atoms with van der Waals surface area (Å²) in [4.78, 5) is 4.17. The van der Waals surface area contributed by atoms with Crippen LogP contribution in [0.15, 0.2) is 34.9 Å². The average Bonchev–Trinajstić information content (AvgIpc) is 2.67. The second-order valence-electron chi connectivity index (χ2n) is 3.53. The van der Waals surface area contributed by atoms with Crippen LogP contribution in [0.4, 0.5) is 0 Å². The minimum Gasteiger partial charge on any atom is -0.441 e. The molecule has 15 heavy (non-hydrogen) atoms. The van der Waals surface area contributed by atoms with E-state index in [1.807, 2.05) is 12.1 Å². The third kappa shape index (κ3) is 2.25. The normalized spacial score (nSPS) is 10.5. The standard InChI is InChI=1S/C12H14N2O/c1-9-3-2-4-10(7-9)11-8-14-12(15-11)5-6-13/h2-4,7-8H,5-6,13H2,1H3. The number of hydrogen-bond donors (Lipinski definition) is 1. The smallest absolute Gasteiger partial charge is 0.196 e. The van der Waals surface area contributed by atoms with E-state index in [9.17, 15) is 0 Å². The molecule has 0 aliphatic heterocycles. The quantitative estimate of drug-likeness (QED) is 0.829. The van der Waals surface area contributed by atoms with Gasteiger partial charge in [0.05, 0.1) is 6.20 Å². The van der Waals surface area contributed by atoms with Gasteiger partial charge in [-0.1, -0.05) is 23.8 Å². The lowest BCUT2D eigenvalue weighted by molar-refractivity contribution is 0.508. The molecular formula is C12H14N2O. The molecule has 2 N–H and O–H groups in total. The predicted octanol–water partition coefficient (Wildman–Crippen LogP) is 2.15. The van der Waals surface area contributed by atoms with Gasteiger partial charge >= 0.3 is 0 Å². The fourth-order valence-corrected chi connectivity index (χ4v) is 1.48. The van der Waals surface area contributed by atoms with Crippen molar-refractivity contribution < 1.29 is 4.42 Å². The molecule has 1 aromatic carbocycles. The van der Waals surface area contributed by atoms with Gasteiger partial charge < -0.3 is 10.2 Å². The Morgan fingerprint density at radius 2 is 2.27 bits per heavy atom. The molecule has 3 heteroatoms. The molecule has 1 aromatic heterocycles. The number of rotatable bonds is 3. The van der Waals surface area contributed by atoms with Crippen molar-refractivity contribution in [3.63, 3.8) is 0 Å². The van der Waals surface area contributed by atoms with Crippen LogP contribution in [0.25, 0.3) is 11.3 Å². The highest BCUT2D eigenvalue weighted by Gasteiger charge is 2.05. The summed E-state index contributed by atoms with van der Waals surface area (Å²) in [5.41, 5.74) is 7.71. The van der Waals surface area contributed by atoms with E-state index in [0.29, 0.717) is 18.9 Å². The van der Waals surface area contributed by atoms with Gasteiger partial charge in [0.2, 0.25) is 0 Å². The first-order chi connectivity index (χ1) is 7.29. The van der Waals surface area contributed by atoms with Crippen LogP contribution < -0.4 is 5.73 Å². The summed E-state index contributed by atoms with van der Waals surface area (Å²) in [5.74, 6) is 1.51. The zero-order chi connectivity index (χ0) is 10.7. The summed E-state index contributed by atoms with van der Waals surface area (Å²) >= 11 is 0. The zero-order valence-corrected chi connectivity index (χ0v) is 8.73. The van der Waals surface area contributed by atoms with Crippen molar-refractivity contribution in [2.75, 3.05) is 6.54 Å². The Labute approximate surface area is 88.9 Å². The molecule has 0 spiro atoms. The second kappa shape index (κ2) is 4.28. The molecule has 0 bridgehead atoms. The maximum Gasteiger partial charge on any atom is 0.196 e. The van der Waals surface area contributed by atoms with E-state index < -0.39 is 0 Å². The van der Waals surface area contributed by atoms with Crippen LogP contribution in [0.1, 0.15) is 11.5 Å². The fourth-order valence-electron chi connectivity index (χ4n) is 1.48. The van der Waals surface area contributed by atoms with Crippen LogP contribution in [0.2, 0.25) is 0 Å². The Morgan fingerprint density at radius 1 is 1.40 bits per heavy atom. The van der Waals surface area contributed by atoms with Crippen LogP contribution in [-0.4, -0.2) is 11.5 Å². The van der Waals surface area contributed by atoms with E-state index in [0.717, 1.165) is 11.3 Å². The van der Waals surface area contributed by atoms with E-state index in [1.54, 1.807) is 6.20 Å². The molecule has 1 heterocycles. The fraction of sp³-hybridized carbons (Fsp3) is 0.250. The minimum absolute atomic E-state index is 0.563. The van der Waals surface area contributed by atoms with Gasteiger partial charge in [0.15, 0.2) is 11.7 Å². The van der Waals surface area contributed by atoms with E-state index in [4.69, 9.17) is 10.2 Å². The molecule has 0 atom stereocenters. The van der Waals surface area contributed by atoms with Gasteiger partial charge in [-0.05, 0) is 13.0 Å². The summed E-state index contributed by atoms with van der Waals surface area (Å²) in [5, 5.41) is 0. The van der Waals surface area contributed by atoms with E-state index >= 15 is 0 Å². The highest BCUT2D eigenvalue weighted by atomic mass is 16.4. The second-order valence-corrected chi connectivity index (χ2v) is 3.53. The molecular weight excluding hydrogens is 188 g/mol. The van der Waals surface area contributed by atoms with Crippen molar-refractivity contribution in [2.45, 2.75) is 13.3 Å². The summed E-state index contributed by atoms with van der Waals surface area (Å²) < 4.78 is 5.57. The molecule has 0 radical (unpaired) electrons. The minimum atomic E-state index is 0.563. The molecule has 0 aliphatic rings. The number of aromatic nitrogens is 1. The summed E-state index contributed by atoms with van der Waals surface area (Å²) in [6, 6.07) is 8.16. The Kier molecular flexibility index (Phi) is 2.83. The Bertz CT molecular complexity index is 448. The highest BCUT2D eigenvalue weighted by molar-refractivity contribution is 5.57. The highest BCUT2D eigenvalue weighted by Crippen LogP contribution is 2.21. The van der Waals surface area contributed by atoms with E-state index in [2.05, 4.69) is 24.0 Å². The van der Waals surface area contributed by atoms with Crippen LogP contribution in [-0.2, 0) is 6.42 Å². The summed E-state index contributed by atoms with van der Waals surface area (Å²) in [7, 11) is 0. The van der Waals surface area contributed by atoms with Crippen molar-refractivity contribution in [3.8, 4) is 11.3 Å². The lowest BCUT2D eigenvalue weighted by Gasteiger charge is -1.97. The van der Waals surface area contributed by atoms with Crippen molar-refractivity contribution in [2.24, 2.45) is 5.73 Å². The van der Waals surface area contributed by atoms with Crippen molar-refractivity contribution in [1.82, 2.24) is 4.98 Å². The molecule has 2 aromatic rings. The van der Waals surface area contributed by atoms with E-state index in [-0.39, 0.29) is 0 Å². The predicted molar refractivity (Wildman–Crippen MR) is 59.4 cm³/mol. The van der Waals surface area contributed by atoms with Crippen molar-refractivity contribution in [3.05, 3.63) is 41.9 Å². The van der Waals surface area contributed by atoms with Gasteiger partial charge in [-0.2, -0.15) is 0 Å². The summed E-state index contributed by atoms with van der Waals surface area (Å²) in [6.07, 6.45) is 2.44. The number of benzene rings is 1. The van der Waals surface area contributed by atoms with Crippen molar-refractivity contribution in [1.29, 1.82) is 0 Å². The molecule has 0 unspecified atom stereocenters. The Hall–Kier alpha value is -1.61. The first kappa shape index (κ1) is 9.93. The van der Waals surface area contributed by atoms with Crippen LogP contribution >= 0.6 is 0 Å². The maximum absolute atomic E-state index is 5.57. The van der Waals surface area contributed by atoms with Gasteiger partial charge in [-0.15, -0.1) is 0 Å². The van der Waals surface area contributed by atoms with Crippen LogP contribution in [0, 0.1) is 6.92 Å². The number of hydrogen-bond acceptors (Lipinski definition) is 3. The molecule has 0 saturated heterocycles. The van der Waals surface area contributed by atoms with Crippen molar-refractivity contribution >= 4 is 0 Å². The maximum atomic E-state index is 5.57. The zero-order valence-electron chi connectivity index (χ0n) is 8.73. The third-order valence-corrected chi connectivity index (χ3v) is 2.21. The van der Waals surface area contributed by atoms with Gasteiger partial charge in [0.1, 0.15) is 0 Å². The van der Waals surface area contributed by atoms with Gasteiger partial charge in [-0.25, -0.2) is 4.98 Å². The Morgan fingerprint density at radius 3 is 3.00 bits per heavy atom. The number of aryl methyl sites for hydroxylation is 1. The molecule has 0 saturated carbocycles. The van der Waals surface area contributed by atoms with Crippen LogP contribution in [0.3, 0.4) is 0 Å². The van der Waals surface area contributed by atoms with Crippen LogP contribution in [0.5, 0.6) is 0 Å². The lowest BCUT2D eigenvalue weighted by Crippen LogP contribution is -2.02. The first-order valence-corrected chi connectivity index (χ1v) is 5.01. The molecule has 78 valence electrons. The number of nitrogens with two attached hydrogens (primary N) is 1. The molecule has 0 amide bonds. The number of nitrogens with zero attached hydrogens (tertiary/aromatic N) is 1.